The SMILES string of the molecule is Cc1ccc([C@@H](CNC(=O)C(=O)NCC[NH+](C)C)S(=O)(=O)c2cccs2)cc1. The first-order valence-electron chi connectivity index (χ1n) is 8.91. The second-order valence-corrected chi connectivity index (χ2v) is 10.1. The number of nitrogens with one attached hydrogen (secondary N) is 3. The second-order valence-electron chi connectivity index (χ2n) is 6.80. The molecule has 0 saturated carbocycles. The smallest absolute Gasteiger partial charge is 0.309 e. The Morgan fingerprint density at radius 1 is 1.07 bits per heavy atom. The number of likely N-dealkylation sites (N-methyl/N-ethyl adjacent to an activating group) is 1. The van der Waals surface area contributed by atoms with Crippen molar-refractivity contribution in [1.82, 2.24) is 10.6 Å². The molecule has 3 N–H and O–H groups in total. The van der Waals surface area contributed by atoms with Gasteiger partial charge >= 0.3 is 11.8 Å². The van der Waals surface area contributed by atoms with Gasteiger partial charge in [0.1, 0.15) is 9.46 Å². The van der Waals surface area contributed by atoms with Gasteiger partial charge in [-0.15, -0.1) is 11.3 Å². The lowest BCUT2D eigenvalue weighted by molar-refractivity contribution is -0.856. The number of rotatable bonds is 8. The number of thiophene rings is 1. The van der Waals surface area contributed by atoms with Crippen molar-refractivity contribution in [1.29, 1.82) is 0 Å². The van der Waals surface area contributed by atoms with Crippen LogP contribution in [0.2, 0.25) is 0 Å². The van der Waals surface area contributed by atoms with Crippen LogP contribution in [-0.2, 0) is 19.4 Å². The van der Waals surface area contributed by atoms with E-state index >= 15 is 0 Å². The lowest BCUT2D eigenvalue weighted by atomic mass is 10.1. The summed E-state index contributed by atoms with van der Waals surface area (Å²) in [6, 6.07) is 10.3. The number of benzene rings is 1. The quantitative estimate of drug-likeness (QED) is 0.518. The molecular weight excluding hydrogens is 398 g/mol. The summed E-state index contributed by atoms with van der Waals surface area (Å²) in [7, 11) is 0.172. The molecule has 0 unspecified atom stereocenters. The van der Waals surface area contributed by atoms with E-state index < -0.39 is 26.9 Å². The molecule has 9 heteroatoms. The average molecular weight is 425 g/mol. The topological polar surface area (TPSA) is 96.8 Å². The number of hydrogen-bond acceptors (Lipinski definition) is 5. The lowest BCUT2D eigenvalue weighted by Gasteiger charge is -2.18. The predicted octanol–water partition coefficient (Wildman–Crippen LogP) is -0.0516. The van der Waals surface area contributed by atoms with Crippen molar-refractivity contribution in [2.45, 2.75) is 16.4 Å². The lowest BCUT2D eigenvalue weighted by Crippen LogP contribution is -3.06. The maximum atomic E-state index is 13.1. The molecule has 0 aliphatic rings. The van der Waals surface area contributed by atoms with Crippen LogP contribution in [0.1, 0.15) is 16.4 Å². The minimum Gasteiger partial charge on any atom is -0.346 e. The molecule has 7 nitrogen and oxygen atoms in total. The average Bonchev–Trinajstić information content (AvgIpc) is 3.18. The van der Waals surface area contributed by atoms with Crippen LogP contribution in [-0.4, -0.2) is 54.0 Å². The molecular formula is C19H26N3O4S2+. The number of sulfone groups is 1. The predicted molar refractivity (Wildman–Crippen MR) is 109 cm³/mol. The Morgan fingerprint density at radius 3 is 2.29 bits per heavy atom. The Bertz CT molecular complexity index is 892. The largest absolute Gasteiger partial charge is 0.346 e. The van der Waals surface area contributed by atoms with Crippen molar-refractivity contribution in [2.75, 3.05) is 33.7 Å². The van der Waals surface area contributed by atoms with Crippen molar-refractivity contribution in [3.8, 4) is 0 Å². The fraction of sp³-hybridized carbons (Fsp3) is 0.368. The Hall–Kier alpha value is -2.23. The van der Waals surface area contributed by atoms with E-state index in [1.54, 1.807) is 29.6 Å². The second kappa shape index (κ2) is 9.81. The standard InChI is InChI=1S/C19H25N3O4S2/c1-14-6-8-15(9-7-14)16(28(25,26)17-5-4-12-27-17)13-21-19(24)18(23)20-10-11-22(2)3/h4-9,12,16H,10-11,13H2,1-3H3,(H,20,23)(H,21,24)/p+1/t16-/m1/s1. The molecule has 0 spiro atoms. The number of carbonyl (C=O) groups excluding carboxylic acids is 2. The summed E-state index contributed by atoms with van der Waals surface area (Å²) in [6.07, 6.45) is 0. The van der Waals surface area contributed by atoms with Crippen LogP contribution in [0.15, 0.2) is 46.0 Å². The first-order valence-corrected chi connectivity index (χ1v) is 11.3. The van der Waals surface area contributed by atoms with Gasteiger partial charge in [-0.1, -0.05) is 35.9 Å². The zero-order chi connectivity index (χ0) is 20.7. The van der Waals surface area contributed by atoms with E-state index in [2.05, 4.69) is 10.6 Å². The van der Waals surface area contributed by atoms with Gasteiger partial charge in [-0.2, -0.15) is 0 Å². The van der Waals surface area contributed by atoms with Gasteiger partial charge in [0.25, 0.3) is 0 Å². The van der Waals surface area contributed by atoms with E-state index in [0.29, 0.717) is 18.7 Å². The summed E-state index contributed by atoms with van der Waals surface area (Å²) in [5.74, 6) is -1.61. The number of aryl methyl sites for hydroxylation is 1. The van der Waals surface area contributed by atoms with Gasteiger partial charge in [0.15, 0.2) is 9.84 Å². The molecule has 1 aromatic heterocycles. The van der Waals surface area contributed by atoms with Crippen LogP contribution in [0.5, 0.6) is 0 Å². The van der Waals surface area contributed by atoms with E-state index in [9.17, 15) is 18.0 Å². The van der Waals surface area contributed by atoms with Crippen LogP contribution in [0.25, 0.3) is 0 Å². The minimum absolute atomic E-state index is 0.186. The van der Waals surface area contributed by atoms with Gasteiger partial charge < -0.3 is 15.5 Å². The van der Waals surface area contributed by atoms with Crippen LogP contribution in [0.3, 0.4) is 0 Å². The molecule has 28 heavy (non-hydrogen) atoms. The van der Waals surface area contributed by atoms with Gasteiger partial charge in [-0.3, -0.25) is 9.59 Å². The van der Waals surface area contributed by atoms with Crippen LogP contribution in [0.4, 0.5) is 0 Å². The fourth-order valence-corrected chi connectivity index (χ4v) is 5.39. The van der Waals surface area contributed by atoms with E-state index in [4.69, 9.17) is 0 Å². The van der Waals surface area contributed by atoms with Crippen molar-refractivity contribution >= 4 is 33.0 Å². The van der Waals surface area contributed by atoms with E-state index in [1.165, 1.54) is 0 Å². The molecule has 0 saturated heterocycles. The molecule has 0 aliphatic heterocycles. The van der Waals surface area contributed by atoms with Crippen molar-refractivity contribution < 1.29 is 22.9 Å². The number of quaternary nitrogens is 1. The highest BCUT2D eigenvalue weighted by Gasteiger charge is 2.31. The minimum atomic E-state index is -3.70. The summed E-state index contributed by atoms with van der Waals surface area (Å²) < 4.78 is 26.4. The zero-order valence-electron chi connectivity index (χ0n) is 16.2. The summed E-state index contributed by atoms with van der Waals surface area (Å²) >= 11 is 1.13. The Labute approximate surface area is 169 Å². The normalized spacial score (nSPS) is 12.6. The Balaban J connectivity index is 2.14. The fourth-order valence-electron chi connectivity index (χ4n) is 2.53. The Kier molecular flexibility index (Phi) is 7.73. The summed E-state index contributed by atoms with van der Waals surface area (Å²) in [6.45, 7) is 2.77. The first kappa shape index (κ1) is 22.1. The molecule has 2 rings (SSSR count). The third kappa shape index (κ3) is 5.88. The number of amides is 2. The molecule has 0 radical (unpaired) electrons. The third-order valence-corrected chi connectivity index (χ3v) is 7.70. The first-order chi connectivity index (χ1) is 13.2. The summed E-state index contributed by atoms with van der Waals surface area (Å²) in [5.41, 5.74) is 1.57. The molecule has 2 aromatic rings. The van der Waals surface area contributed by atoms with Gasteiger partial charge in [0.2, 0.25) is 0 Å². The van der Waals surface area contributed by atoms with Crippen LogP contribution < -0.4 is 15.5 Å². The molecule has 0 bridgehead atoms. The van der Waals surface area contributed by atoms with Crippen LogP contribution >= 0.6 is 11.3 Å². The maximum Gasteiger partial charge on any atom is 0.309 e. The highest BCUT2D eigenvalue weighted by atomic mass is 32.2. The monoisotopic (exact) mass is 424 g/mol. The number of carbonyl (C=O) groups is 2. The molecule has 152 valence electrons. The molecule has 1 atom stereocenters. The van der Waals surface area contributed by atoms with E-state index in [-0.39, 0.29) is 10.8 Å². The highest BCUT2D eigenvalue weighted by molar-refractivity contribution is 7.93. The molecule has 1 heterocycles. The van der Waals surface area contributed by atoms with Crippen molar-refractivity contribution in [3.63, 3.8) is 0 Å². The van der Waals surface area contributed by atoms with Gasteiger partial charge in [-0.05, 0) is 23.9 Å². The van der Waals surface area contributed by atoms with E-state index in [0.717, 1.165) is 21.8 Å². The molecule has 0 fully saturated rings. The Morgan fingerprint density at radius 2 is 1.71 bits per heavy atom. The van der Waals surface area contributed by atoms with E-state index in [1.807, 2.05) is 33.2 Å². The van der Waals surface area contributed by atoms with Crippen molar-refractivity contribution in [2.24, 2.45) is 0 Å². The van der Waals surface area contributed by atoms with Gasteiger partial charge in [0, 0.05) is 6.54 Å². The third-order valence-electron chi connectivity index (χ3n) is 4.16. The summed E-state index contributed by atoms with van der Waals surface area (Å²) in [4.78, 5) is 25.2. The highest BCUT2D eigenvalue weighted by Crippen LogP contribution is 2.31. The molecule has 1 aromatic carbocycles. The zero-order valence-corrected chi connectivity index (χ0v) is 17.8. The van der Waals surface area contributed by atoms with Crippen molar-refractivity contribution in [3.05, 3.63) is 52.9 Å². The van der Waals surface area contributed by atoms with Gasteiger partial charge in [-0.25, -0.2) is 8.42 Å². The number of hydrogen-bond donors (Lipinski definition) is 3. The molecule has 0 aliphatic carbocycles. The summed E-state index contributed by atoms with van der Waals surface area (Å²) in [5, 5.41) is 5.72. The molecule has 2 amide bonds. The maximum absolute atomic E-state index is 13.1. The van der Waals surface area contributed by atoms with Crippen LogP contribution in [0, 0.1) is 6.92 Å². The van der Waals surface area contributed by atoms with Gasteiger partial charge in [0.05, 0.1) is 27.2 Å².